The van der Waals surface area contributed by atoms with Crippen LogP contribution in [-0.2, 0) is 29.1 Å². The predicted octanol–water partition coefficient (Wildman–Crippen LogP) is 2.56. The van der Waals surface area contributed by atoms with E-state index in [1.54, 1.807) is 17.0 Å². The van der Waals surface area contributed by atoms with Gasteiger partial charge in [0.05, 0.1) is 18.2 Å². The molecule has 0 aromatic heterocycles. The average Bonchev–Trinajstić information content (AvgIpc) is 2.76. The quantitative estimate of drug-likeness (QED) is 0.440. The van der Waals surface area contributed by atoms with Gasteiger partial charge < -0.3 is 34.6 Å². The van der Waals surface area contributed by atoms with Crippen LogP contribution in [0.2, 0.25) is 0 Å². The number of hydrogen-bond acceptors (Lipinski definition) is 8. The number of ether oxygens (including phenoxy) is 3. The molecular formula is C24H32FNO7. The van der Waals surface area contributed by atoms with Crippen molar-refractivity contribution in [2.75, 3.05) is 13.7 Å². The van der Waals surface area contributed by atoms with Crippen LogP contribution in [0, 0.1) is 5.82 Å². The maximum atomic E-state index is 13.8. The predicted molar refractivity (Wildman–Crippen MR) is 118 cm³/mol. The highest BCUT2D eigenvalue weighted by Gasteiger charge is 2.38. The van der Waals surface area contributed by atoms with Crippen molar-refractivity contribution in [2.24, 2.45) is 0 Å². The van der Waals surface area contributed by atoms with E-state index in [2.05, 4.69) is 0 Å². The van der Waals surface area contributed by atoms with Gasteiger partial charge in [-0.05, 0) is 62.6 Å². The van der Waals surface area contributed by atoms with E-state index in [0.29, 0.717) is 18.7 Å². The van der Waals surface area contributed by atoms with Crippen molar-refractivity contribution in [2.45, 2.75) is 64.8 Å². The number of hydrogen-bond donors (Lipinski definition) is 4. The van der Waals surface area contributed by atoms with Crippen LogP contribution in [0.3, 0.4) is 0 Å². The minimum absolute atomic E-state index is 0.0894. The number of aliphatic hydroxyl groups excluding tert-OH is 3. The molecule has 2 aromatic carbocycles. The van der Waals surface area contributed by atoms with E-state index >= 15 is 0 Å². The number of aliphatic hydroxyl groups is 3. The molecule has 1 aliphatic rings. The molecule has 0 amide bonds. The SMILES string of the molecule is COC(O)[C@H]1c2ccc(OCc3cc(F)cc(CO)c3O)cc2CCN1[C@@H](O)OC(C)(C)C. The molecule has 182 valence electrons. The van der Waals surface area contributed by atoms with Crippen LogP contribution in [0.1, 0.15) is 49.1 Å². The molecule has 3 atom stereocenters. The number of nitrogens with zero attached hydrogens (tertiary/aromatic N) is 1. The van der Waals surface area contributed by atoms with Crippen LogP contribution in [0.4, 0.5) is 4.39 Å². The monoisotopic (exact) mass is 465 g/mol. The van der Waals surface area contributed by atoms with E-state index in [1.165, 1.54) is 7.11 Å². The number of fused-ring (bicyclic) bond motifs is 1. The first-order valence-corrected chi connectivity index (χ1v) is 10.7. The highest BCUT2D eigenvalue weighted by atomic mass is 19.1. The molecule has 0 saturated carbocycles. The van der Waals surface area contributed by atoms with E-state index < -0.39 is 36.8 Å². The third kappa shape index (κ3) is 6.00. The Morgan fingerprint density at radius 1 is 1.15 bits per heavy atom. The Morgan fingerprint density at radius 2 is 1.85 bits per heavy atom. The fraction of sp³-hybridized carbons (Fsp3) is 0.500. The molecule has 1 heterocycles. The zero-order valence-corrected chi connectivity index (χ0v) is 19.3. The highest BCUT2D eigenvalue weighted by molar-refractivity contribution is 5.42. The molecule has 8 nitrogen and oxygen atoms in total. The standard InChI is InChI=1S/C24H32FNO7/c1-24(2,3)33-23(30)26-8-7-14-11-18(5-6-19(14)20(26)22(29)31-4)32-13-16-10-17(25)9-15(12-27)21(16)28/h5-6,9-11,20,22-23,27-30H,7-8,12-13H2,1-4H3/t20-,22?,23+/m1/s1. The molecule has 0 saturated heterocycles. The van der Waals surface area contributed by atoms with E-state index in [9.17, 15) is 24.8 Å². The number of benzene rings is 2. The lowest BCUT2D eigenvalue weighted by molar-refractivity contribution is -0.271. The second kappa shape index (κ2) is 10.3. The summed E-state index contributed by atoms with van der Waals surface area (Å²) >= 11 is 0. The molecule has 0 bridgehead atoms. The Balaban J connectivity index is 1.82. The first kappa shape index (κ1) is 25.4. The number of halogens is 1. The molecule has 4 N–H and O–H groups in total. The van der Waals surface area contributed by atoms with Gasteiger partial charge in [0.2, 0.25) is 6.41 Å². The average molecular weight is 466 g/mol. The van der Waals surface area contributed by atoms with Gasteiger partial charge in [-0.1, -0.05) is 6.07 Å². The van der Waals surface area contributed by atoms with Gasteiger partial charge in [0.1, 0.15) is 23.9 Å². The lowest BCUT2D eigenvalue weighted by atomic mass is 9.92. The molecule has 2 aromatic rings. The normalized spacial score (nSPS) is 18.6. The van der Waals surface area contributed by atoms with Crippen LogP contribution in [0.25, 0.3) is 0 Å². The summed E-state index contributed by atoms with van der Waals surface area (Å²) in [6, 6.07) is 6.84. The molecule has 3 rings (SSSR count). The minimum Gasteiger partial charge on any atom is -0.507 e. The Hall–Kier alpha value is -2.27. The summed E-state index contributed by atoms with van der Waals surface area (Å²) in [4.78, 5) is 1.64. The zero-order valence-electron chi connectivity index (χ0n) is 19.3. The van der Waals surface area contributed by atoms with Gasteiger partial charge in [-0.25, -0.2) is 9.29 Å². The molecular weight excluding hydrogens is 433 g/mol. The van der Waals surface area contributed by atoms with Crippen molar-refractivity contribution >= 4 is 0 Å². The number of methoxy groups -OCH3 is 1. The van der Waals surface area contributed by atoms with Crippen molar-refractivity contribution < 1.29 is 39.0 Å². The van der Waals surface area contributed by atoms with Crippen LogP contribution in [-0.4, -0.2) is 57.3 Å². The van der Waals surface area contributed by atoms with E-state index in [-0.39, 0.29) is 23.5 Å². The Bertz CT molecular complexity index is 963. The van der Waals surface area contributed by atoms with Crippen molar-refractivity contribution in [3.05, 3.63) is 58.4 Å². The van der Waals surface area contributed by atoms with Crippen LogP contribution in [0.15, 0.2) is 30.3 Å². The van der Waals surface area contributed by atoms with Gasteiger partial charge in [0.25, 0.3) is 0 Å². The zero-order chi connectivity index (χ0) is 24.3. The maximum absolute atomic E-state index is 13.8. The topological polar surface area (TPSA) is 112 Å². The molecule has 1 unspecified atom stereocenters. The van der Waals surface area contributed by atoms with Crippen LogP contribution < -0.4 is 4.74 Å². The summed E-state index contributed by atoms with van der Waals surface area (Å²) in [6.45, 7) is 5.32. The Labute approximate surface area is 192 Å². The lowest BCUT2D eigenvalue weighted by Crippen LogP contribution is -2.50. The number of phenols is 1. The van der Waals surface area contributed by atoms with E-state index in [1.807, 2.05) is 26.8 Å². The van der Waals surface area contributed by atoms with Gasteiger partial charge in [-0.15, -0.1) is 0 Å². The largest absolute Gasteiger partial charge is 0.507 e. The summed E-state index contributed by atoms with van der Waals surface area (Å²) in [5.74, 6) is -0.286. The second-order valence-electron chi connectivity index (χ2n) is 9.00. The molecule has 9 heteroatoms. The van der Waals surface area contributed by atoms with Gasteiger partial charge in [-0.2, -0.15) is 0 Å². The lowest BCUT2D eigenvalue weighted by Gasteiger charge is -2.42. The molecule has 1 aliphatic heterocycles. The van der Waals surface area contributed by atoms with Gasteiger partial charge >= 0.3 is 0 Å². The first-order chi connectivity index (χ1) is 15.5. The third-order valence-electron chi connectivity index (χ3n) is 5.48. The molecule has 0 radical (unpaired) electrons. The first-order valence-electron chi connectivity index (χ1n) is 10.7. The van der Waals surface area contributed by atoms with Gasteiger partial charge in [0, 0.05) is 24.8 Å². The fourth-order valence-corrected chi connectivity index (χ4v) is 3.93. The Morgan fingerprint density at radius 3 is 2.48 bits per heavy atom. The van der Waals surface area contributed by atoms with Crippen molar-refractivity contribution in [1.29, 1.82) is 0 Å². The minimum atomic E-state index is -1.24. The maximum Gasteiger partial charge on any atom is 0.217 e. The number of aromatic hydroxyl groups is 1. The van der Waals surface area contributed by atoms with Gasteiger partial charge in [0.15, 0.2) is 6.29 Å². The summed E-state index contributed by atoms with van der Waals surface area (Å²) in [7, 11) is 1.39. The molecule has 0 spiro atoms. The summed E-state index contributed by atoms with van der Waals surface area (Å²) in [5.41, 5.74) is 1.38. The summed E-state index contributed by atoms with van der Waals surface area (Å²) in [5, 5.41) is 40.6. The Kier molecular flexibility index (Phi) is 7.94. The molecule has 33 heavy (non-hydrogen) atoms. The molecule has 0 aliphatic carbocycles. The molecule has 0 fully saturated rings. The van der Waals surface area contributed by atoms with Crippen molar-refractivity contribution in [1.82, 2.24) is 4.90 Å². The number of rotatable bonds is 8. The smallest absolute Gasteiger partial charge is 0.217 e. The second-order valence-corrected chi connectivity index (χ2v) is 9.00. The van der Waals surface area contributed by atoms with Crippen LogP contribution in [0.5, 0.6) is 11.5 Å². The third-order valence-corrected chi connectivity index (χ3v) is 5.48. The van der Waals surface area contributed by atoms with Crippen LogP contribution >= 0.6 is 0 Å². The summed E-state index contributed by atoms with van der Waals surface area (Å²) < 4.78 is 30.4. The van der Waals surface area contributed by atoms with Crippen molar-refractivity contribution in [3.63, 3.8) is 0 Å². The summed E-state index contributed by atoms with van der Waals surface area (Å²) in [6.07, 6.45) is -1.88. The fourth-order valence-electron chi connectivity index (χ4n) is 3.93. The van der Waals surface area contributed by atoms with Gasteiger partial charge in [-0.3, -0.25) is 0 Å². The highest BCUT2D eigenvalue weighted by Crippen LogP contribution is 2.37. The van der Waals surface area contributed by atoms with E-state index in [0.717, 1.165) is 23.3 Å². The van der Waals surface area contributed by atoms with E-state index in [4.69, 9.17) is 14.2 Å². The van der Waals surface area contributed by atoms with Crippen molar-refractivity contribution in [3.8, 4) is 11.5 Å².